The van der Waals surface area contributed by atoms with Gasteiger partial charge < -0.3 is 19.9 Å². The molecule has 5 rings (SSSR count). The molecule has 4 aromatic rings. The highest BCUT2D eigenvalue weighted by molar-refractivity contribution is 5.75. The third-order valence-corrected chi connectivity index (χ3v) is 5.44. The number of hydrogen-bond acceptors (Lipinski definition) is 7. The largest absolute Gasteiger partial charge is 0.489 e. The van der Waals surface area contributed by atoms with E-state index in [4.69, 9.17) is 9.47 Å². The molecule has 2 atom stereocenters. The Morgan fingerprint density at radius 1 is 1.21 bits per heavy atom. The number of rotatable bonds is 6. The van der Waals surface area contributed by atoms with Crippen molar-refractivity contribution in [3.8, 4) is 28.7 Å². The molecule has 9 nitrogen and oxygen atoms in total. The van der Waals surface area contributed by atoms with Crippen molar-refractivity contribution in [2.45, 2.75) is 25.6 Å². The first-order chi connectivity index (χ1) is 16.1. The van der Waals surface area contributed by atoms with Crippen molar-refractivity contribution in [1.29, 1.82) is 0 Å². The van der Waals surface area contributed by atoms with Crippen LogP contribution in [0.5, 0.6) is 5.75 Å². The van der Waals surface area contributed by atoms with Crippen molar-refractivity contribution < 1.29 is 14.6 Å². The van der Waals surface area contributed by atoms with Gasteiger partial charge in [-0.25, -0.2) is 9.50 Å². The molecule has 33 heavy (non-hydrogen) atoms. The number of nitrogens with zero attached hydrogens (tertiary/aromatic N) is 5. The first-order valence-electron chi connectivity index (χ1n) is 10.7. The van der Waals surface area contributed by atoms with E-state index in [1.165, 1.54) is 0 Å². The summed E-state index contributed by atoms with van der Waals surface area (Å²) in [5.41, 5.74) is 3.36. The van der Waals surface area contributed by atoms with Crippen LogP contribution in [0.15, 0.2) is 48.9 Å². The fourth-order valence-electron chi connectivity index (χ4n) is 3.78. The Kier molecular flexibility index (Phi) is 5.69. The maximum absolute atomic E-state index is 10.0. The van der Waals surface area contributed by atoms with Crippen molar-refractivity contribution in [1.82, 2.24) is 24.4 Å². The number of ether oxygens (including phenoxy) is 2. The molecule has 0 radical (unpaired) electrons. The van der Waals surface area contributed by atoms with Crippen LogP contribution in [0, 0.1) is 11.8 Å². The smallest absolute Gasteiger partial charge is 0.154 e. The van der Waals surface area contributed by atoms with E-state index in [1.54, 1.807) is 22.3 Å². The summed E-state index contributed by atoms with van der Waals surface area (Å²) in [5.74, 6) is 7.92. The maximum Gasteiger partial charge on any atom is 0.154 e. The third kappa shape index (κ3) is 4.53. The summed E-state index contributed by atoms with van der Waals surface area (Å²) in [4.78, 5) is 4.40. The third-order valence-electron chi connectivity index (χ3n) is 5.44. The predicted octanol–water partition coefficient (Wildman–Crippen LogP) is 2.77. The molecule has 4 aromatic heterocycles. The molecule has 1 aliphatic rings. The molecule has 0 spiro atoms. The second-order valence-electron chi connectivity index (χ2n) is 7.83. The number of fused-ring (bicyclic) bond motifs is 1. The van der Waals surface area contributed by atoms with E-state index in [1.807, 2.05) is 49.8 Å². The van der Waals surface area contributed by atoms with Gasteiger partial charge in [-0.2, -0.15) is 10.2 Å². The number of hydrogen-bond donors (Lipinski definition) is 2. The average Bonchev–Trinajstić information content (AvgIpc) is 3.52. The summed E-state index contributed by atoms with van der Waals surface area (Å²) in [7, 11) is 1.87. The van der Waals surface area contributed by atoms with Crippen molar-refractivity contribution in [2.75, 3.05) is 18.5 Å². The number of aromatic nitrogens is 5. The van der Waals surface area contributed by atoms with Crippen LogP contribution in [0.25, 0.3) is 16.6 Å². The molecule has 168 valence electrons. The van der Waals surface area contributed by atoms with Crippen molar-refractivity contribution in [3.63, 3.8) is 0 Å². The Morgan fingerprint density at radius 3 is 2.88 bits per heavy atom. The fraction of sp³-hybridized carbons (Fsp3) is 0.292. The topological polar surface area (TPSA) is 98.7 Å². The lowest BCUT2D eigenvalue weighted by Gasteiger charge is -2.17. The second kappa shape index (κ2) is 8.94. The Bertz CT molecular complexity index is 1350. The summed E-state index contributed by atoms with van der Waals surface area (Å²) in [6, 6.07) is 9.75. The highest BCUT2D eigenvalue weighted by Gasteiger charge is 2.27. The minimum atomic E-state index is -0.514. The van der Waals surface area contributed by atoms with Crippen molar-refractivity contribution in [3.05, 3.63) is 54.6 Å². The SMILES string of the molecule is CC#Cc1cc(-c2ccn3nc(Nc4ccn(C)n4)cc3c2)c(OC[C@H]2OCC[C@@H]2O)cn1. The molecule has 1 saturated heterocycles. The second-order valence-corrected chi connectivity index (χ2v) is 7.83. The molecule has 0 amide bonds. The normalized spacial score (nSPS) is 17.7. The lowest BCUT2D eigenvalue weighted by molar-refractivity contribution is 0.0110. The highest BCUT2D eigenvalue weighted by atomic mass is 16.5. The van der Waals surface area contributed by atoms with Crippen LogP contribution in [0.2, 0.25) is 0 Å². The van der Waals surface area contributed by atoms with Gasteiger partial charge in [0.25, 0.3) is 0 Å². The molecule has 9 heteroatoms. The van der Waals surface area contributed by atoms with E-state index in [0.717, 1.165) is 22.5 Å². The number of aliphatic hydroxyl groups is 1. The molecular formula is C24H24N6O3. The summed E-state index contributed by atoms with van der Waals surface area (Å²) in [6.45, 7) is 2.57. The van der Waals surface area contributed by atoms with Crippen LogP contribution in [0.1, 0.15) is 19.0 Å². The lowest BCUT2D eigenvalue weighted by Crippen LogP contribution is -2.28. The molecule has 0 aromatic carbocycles. The quantitative estimate of drug-likeness (QED) is 0.441. The number of pyridine rings is 2. The number of nitrogens with one attached hydrogen (secondary N) is 1. The van der Waals surface area contributed by atoms with E-state index in [0.29, 0.717) is 30.3 Å². The molecule has 0 bridgehead atoms. The molecule has 0 saturated carbocycles. The predicted molar refractivity (Wildman–Crippen MR) is 123 cm³/mol. The Hall–Kier alpha value is -3.87. The van der Waals surface area contributed by atoms with Crippen LogP contribution < -0.4 is 10.1 Å². The monoisotopic (exact) mass is 444 g/mol. The number of aryl methyl sites for hydroxylation is 1. The van der Waals surface area contributed by atoms with Gasteiger partial charge in [-0.3, -0.25) is 4.68 Å². The summed E-state index contributed by atoms with van der Waals surface area (Å²) in [5, 5.41) is 22.1. The molecule has 1 fully saturated rings. The van der Waals surface area contributed by atoms with Crippen LogP contribution >= 0.6 is 0 Å². The molecule has 2 N–H and O–H groups in total. The Labute approximate surface area is 191 Å². The summed E-state index contributed by atoms with van der Waals surface area (Å²) < 4.78 is 15.1. The van der Waals surface area contributed by atoms with E-state index in [-0.39, 0.29) is 12.7 Å². The highest BCUT2D eigenvalue weighted by Crippen LogP contribution is 2.32. The Morgan fingerprint density at radius 2 is 2.12 bits per heavy atom. The fourth-order valence-corrected chi connectivity index (χ4v) is 3.78. The van der Waals surface area contributed by atoms with E-state index in [2.05, 4.69) is 32.3 Å². The van der Waals surface area contributed by atoms with Gasteiger partial charge in [-0.05, 0) is 43.0 Å². The van der Waals surface area contributed by atoms with Gasteiger partial charge in [0.05, 0.1) is 17.8 Å². The minimum Gasteiger partial charge on any atom is -0.489 e. The van der Waals surface area contributed by atoms with Crippen LogP contribution in [0.3, 0.4) is 0 Å². The number of aliphatic hydroxyl groups excluding tert-OH is 1. The lowest BCUT2D eigenvalue weighted by atomic mass is 10.1. The van der Waals surface area contributed by atoms with Gasteiger partial charge in [0.1, 0.15) is 24.2 Å². The standard InChI is InChI=1S/C24H24N6O3/c1-3-4-17-12-19(21(14-25-17)33-15-22-20(31)7-10-32-22)16-5-9-30-18(11-16)13-24(28-30)26-23-6-8-29(2)27-23/h5-6,8-9,11-14,20,22,31H,7,10,15H2,1-2H3,(H,26,27,28)/t20-,22+/m0/s1. The zero-order chi connectivity index (χ0) is 22.8. The van der Waals surface area contributed by atoms with E-state index in [9.17, 15) is 5.11 Å². The number of anilines is 2. The first kappa shape index (κ1) is 21.0. The van der Waals surface area contributed by atoms with Gasteiger partial charge >= 0.3 is 0 Å². The van der Waals surface area contributed by atoms with Crippen LogP contribution in [-0.2, 0) is 11.8 Å². The minimum absolute atomic E-state index is 0.252. The summed E-state index contributed by atoms with van der Waals surface area (Å²) >= 11 is 0. The average molecular weight is 444 g/mol. The van der Waals surface area contributed by atoms with E-state index >= 15 is 0 Å². The van der Waals surface area contributed by atoms with Crippen LogP contribution in [-0.4, -0.2) is 54.9 Å². The zero-order valence-electron chi connectivity index (χ0n) is 18.4. The van der Waals surface area contributed by atoms with Crippen molar-refractivity contribution in [2.24, 2.45) is 7.05 Å². The molecule has 0 unspecified atom stereocenters. The van der Waals surface area contributed by atoms with Gasteiger partial charge in [0.15, 0.2) is 11.6 Å². The molecule has 1 aliphatic heterocycles. The van der Waals surface area contributed by atoms with E-state index < -0.39 is 6.10 Å². The summed E-state index contributed by atoms with van der Waals surface area (Å²) in [6.07, 6.45) is 5.20. The first-order valence-corrected chi connectivity index (χ1v) is 10.7. The molecular weight excluding hydrogens is 420 g/mol. The molecule has 5 heterocycles. The van der Waals surface area contributed by atoms with Gasteiger partial charge in [0.2, 0.25) is 0 Å². The zero-order valence-corrected chi connectivity index (χ0v) is 18.4. The van der Waals surface area contributed by atoms with Gasteiger partial charge in [-0.15, -0.1) is 0 Å². The maximum atomic E-state index is 10.0. The molecule has 0 aliphatic carbocycles. The van der Waals surface area contributed by atoms with Gasteiger partial charge in [-0.1, -0.05) is 5.92 Å². The van der Waals surface area contributed by atoms with Crippen molar-refractivity contribution >= 4 is 17.2 Å². The van der Waals surface area contributed by atoms with Gasteiger partial charge in [0, 0.05) is 43.7 Å². The Balaban J connectivity index is 1.45. The van der Waals surface area contributed by atoms with Crippen LogP contribution in [0.4, 0.5) is 11.6 Å².